The van der Waals surface area contributed by atoms with Gasteiger partial charge < -0.3 is 15.1 Å². The number of nitrogens with one attached hydrogen (secondary N) is 1. The maximum Gasteiger partial charge on any atom is 0.256 e. The highest BCUT2D eigenvalue weighted by atomic mass is 16.1. The molecule has 1 amide bonds. The molecule has 1 aromatic heterocycles. The fraction of sp³-hybridized carbons (Fsp3) is 0.476. The monoisotopic (exact) mass is 367 g/mol. The molecule has 0 unspecified atom stereocenters. The molecule has 0 atom stereocenters. The molecule has 2 aromatic rings. The summed E-state index contributed by atoms with van der Waals surface area (Å²) in [6.07, 6.45) is 1.67. The Morgan fingerprint density at radius 1 is 1.15 bits per heavy atom. The SMILES string of the molecule is CCN1CCN(c2nc(-c3ccccc3)ncc2C(=O)NCC(C)C)CC1. The highest BCUT2D eigenvalue weighted by Gasteiger charge is 2.23. The standard InChI is InChI=1S/C21H29N5O/c1-4-25-10-12-26(13-11-25)20-18(21(27)23-14-16(2)3)15-22-19(24-20)17-8-6-5-7-9-17/h5-9,15-16H,4,10-14H2,1-3H3,(H,23,27). The summed E-state index contributed by atoms with van der Waals surface area (Å²) in [6.45, 7) is 11.7. The number of aromatic nitrogens is 2. The lowest BCUT2D eigenvalue weighted by Crippen LogP contribution is -2.47. The zero-order valence-electron chi connectivity index (χ0n) is 16.5. The van der Waals surface area contributed by atoms with Crippen molar-refractivity contribution in [1.82, 2.24) is 20.2 Å². The highest BCUT2D eigenvalue weighted by Crippen LogP contribution is 2.23. The zero-order valence-corrected chi connectivity index (χ0v) is 16.5. The van der Waals surface area contributed by atoms with Crippen molar-refractivity contribution in [2.75, 3.05) is 44.2 Å². The van der Waals surface area contributed by atoms with E-state index in [2.05, 4.69) is 40.9 Å². The molecule has 0 radical (unpaired) electrons. The Balaban J connectivity index is 1.91. The zero-order chi connectivity index (χ0) is 19.2. The number of rotatable bonds is 6. The molecule has 27 heavy (non-hydrogen) atoms. The fourth-order valence-corrected chi connectivity index (χ4v) is 3.17. The van der Waals surface area contributed by atoms with Crippen molar-refractivity contribution in [3.05, 3.63) is 42.1 Å². The average molecular weight is 367 g/mol. The van der Waals surface area contributed by atoms with Gasteiger partial charge in [0.05, 0.1) is 0 Å². The van der Waals surface area contributed by atoms with Crippen LogP contribution in [0.5, 0.6) is 0 Å². The van der Waals surface area contributed by atoms with Crippen molar-refractivity contribution in [3.8, 4) is 11.4 Å². The van der Waals surface area contributed by atoms with Gasteiger partial charge in [0.1, 0.15) is 11.4 Å². The van der Waals surface area contributed by atoms with E-state index in [1.54, 1.807) is 6.20 Å². The molecule has 6 nitrogen and oxygen atoms in total. The topological polar surface area (TPSA) is 61.4 Å². The van der Waals surface area contributed by atoms with Crippen molar-refractivity contribution >= 4 is 11.7 Å². The molecule has 1 aromatic carbocycles. The van der Waals surface area contributed by atoms with Gasteiger partial charge in [-0.3, -0.25) is 4.79 Å². The van der Waals surface area contributed by atoms with Crippen LogP contribution in [0.25, 0.3) is 11.4 Å². The molecule has 1 N–H and O–H groups in total. The summed E-state index contributed by atoms with van der Waals surface area (Å²) in [6, 6.07) is 9.91. The quantitative estimate of drug-likeness (QED) is 0.851. The minimum atomic E-state index is -0.101. The largest absolute Gasteiger partial charge is 0.353 e. The van der Waals surface area contributed by atoms with E-state index in [9.17, 15) is 4.79 Å². The van der Waals surface area contributed by atoms with Crippen molar-refractivity contribution < 1.29 is 4.79 Å². The molecule has 1 aliphatic heterocycles. The smallest absolute Gasteiger partial charge is 0.256 e. The lowest BCUT2D eigenvalue weighted by molar-refractivity contribution is 0.0948. The molecule has 0 saturated carbocycles. The first-order valence-corrected chi connectivity index (χ1v) is 9.76. The molecule has 144 valence electrons. The maximum absolute atomic E-state index is 12.8. The van der Waals surface area contributed by atoms with Gasteiger partial charge in [0.25, 0.3) is 5.91 Å². The van der Waals surface area contributed by atoms with Crippen LogP contribution in [0, 0.1) is 5.92 Å². The van der Waals surface area contributed by atoms with E-state index >= 15 is 0 Å². The summed E-state index contributed by atoms with van der Waals surface area (Å²) < 4.78 is 0. The number of piperazine rings is 1. The van der Waals surface area contributed by atoms with Crippen LogP contribution in [-0.2, 0) is 0 Å². The van der Waals surface area contributed by atoms with Gasteiger partial charge in [0, 0.05) is 44.5 Å². The second-order valence-corrected chi connectivity index (χ2v) is 7.32. The Bertz CT molecular complexity index is 754. The molecule has 1 fully saturated rings. The lowest BCUT2D eigenvalue weighted by Gasteiger charge is -2.35. The summed E-state index contributed by atoms with van der Waals surface area (Å²) in [7, 11) is 0. The van der Waals surface area contributed by atoms with E-state index in [0.717, 1.165) is 44.1 Å². The van der Waals surface area contributed by atoms with E-state index in [-0.39, 0.29) is 5.91 Å². The minimum absolute atomic E-state index is 0.101. The first-order valence-electron chi connectivity index (χ1n) is 9.76. The van der Waals surface area contributed by atoms with Gasteiger partial charge in [-0.15, -0.1) is 0 Å². The predicted molar refractivity (Wildman–Crippen MR) is 109 cm³/mol. The molecule has 2 heterocycles. The molecule has 0 aliphatic carbocycles. The van der Waals surface area contributed by atoms with Gasteiger partial charge in [-0.2, -0.15) is 0 Å². The van der Waals surface area contributed by atoms with Crippen LogP contribution in [0.4, 0.5) is 5.82 Å². The summed E-state index contributed by atoms with van der Waals surface area (Å²) in [5.74, 6) is 1.69. The lowest BCUT2D eigenvalue weighted by atomic mass is 10.1. The van der Waals surface area contributed by atoms with Gasteiger partial charge in [-0.25, -0.2) is 9.97 Å². The first-order chi connectivity index (χ1) is 13.1. The van der Waals surface area contributed by atoms with Gasteiger partial charge in [-0.05, 0) is 12.5 Å². The second kappa shape index (κ2) is 8.95. The van der Waals surface area contributed by atoms with Crippen LogP contribution in [0.3, 0.4) is 0 Å². The number of hydrogen-bond donors (Lipinski definition) is 1. The number of amides is 1. The molecule has 1 saturated heterocycles. The van der Waals surface area contributed by atoms with Crippen molar-refractivity contribution in [3.63, 3.8) is 0 Å². The third-order valence-corrected chi connectivity index (χ3v) is 4.84. The molecule has 0 bridgehead atoms. The van der Waals surface area contributed by atoms with E-state index in [0.29, 0.717) is 23.9 Å². The number of hydrogen-bond acceptors (Lipinski definition) is 5. The van der Waals surface area contributed by atoms with Gasteiger partial charge in [-0.1, -0.05) is 51.1 Å². The molecular formula is C21H29N5O. The number of nitrogens with zero attached hydrogens (tertiary/aromatic N) is 4. The summed E-state index contributed by atoms with van der Waals surface area (Å²) in [5, 5.41) is 3.00. The predicted octanol–water partition coefficient (Wildman–Crippen LogP) is 2.67. The maximum atomic E-state index is 12.8. The van der Waals surface area contributed by atoms with Crippen LogP contribution in [0.1, 0.15) is 31.1 Å². The van der Waals surface area contributed by atoms with Gasteiger partial charge >= 0.3 is 0 Å². The third kappa shape index (κ3) is 4.83. The molecule has 6 heteroatoms. The summed E-state index contributed by atoms with van der Waals surface area (Å²) in [4.78, 5) is 26.7. The summed E-state index contributed by atoms with van der Waals surface area (Å²) >= 11 is 0. The van der Waals surface area contributed by atoms with Gasteiger partial charge in [0.15, 0.2) is 5.82 Å². The summed E-state index contributed by atoms with van der Waals surface area (Å²) in [5.41, 5.74) is 1.51. The second-order valence-electron chi connectivity index (χ2n) is 7.32. The number of benzene rings is 1. The van der Waals surface area contributed by atoms with Crippen LogP contribution < -0.4 is 10.2 Å². The van der Waals surface area contributed by atoms with Crippen LogP contribution in [0.2, 0.25) is 0 Å². The van der Waals surface area contributed by atoms with E-state index in [1.165, 1.54) is 0 Å². The first kappa shape index (κ1) is 19.3. The van der Waals surface area contributed by atoms with E-state index in [4.69, 9.17) is 4.98 Å². The number of likely N-dealkylation sites (N-methyl/N-ethyl adjacent to an activating group) is 1. The highest BCUT2D eigenvalue weighted by molar-refractivity contribution is 5.99. The van der Waals surface area contributed by atoms with E-state index < -0.39 is 0 Å². The third-order valence-electron chi connectivity index (χ3n) is 4.84. The Hall–Kier alpha value is -2.47. The fourth-order valence-electron chi connectivity index (χ4n) is 3.17. The Morgan fingerprint density at radius 2 is 1.85 bits per heavy atom. The molecule has 3 rings (SSSR count). The molecular weight excluding hydrogens is 338 g/mol. The Labute approximate surface area is 161 Å². The number of anilines is 1. The Kier molecular flexibility index (Phi) is 6.40. The normalized spacial score (nSPS) is 15.2. The molecule has 0 spiro atoms. The average Bonchev–Trinajstić information content (AvgIpc) is 2.72. The van der Waals surface area contributed by atoms with Crippen LogP contribution in [0.15, 0.2) is 36.5 Å². The van der Waals surface area contributed by atoms with Crippen LogP contribution in [-0.4, -0.2) is 60.0 Å². The van der Waals surface area contributed by atoms with E-state index in [1.807, 2.05) is 30.3 Å². The number of carbonyl (C=O) groups excluding carboxylic acids is 1. The van der Waals surface area contributed by atoms with Crippen molar-refractivity contribution in [2.24, 2.45) is 5.92 Å². The van der Waals surface area contributed by atoms with Crippen LogP contribution >= 0.6 is 0 Å². The van der Waals surface area contributed by atoms with Crippen molar-refractivity contribution in [2.45, 2.75) is 20.8 Å². The minimum Gasteiger partial charge on any atom is -0.353 e. The Morgan fingerprint density at radius 3 is 2.48 bits per heavy atom. The molecule has 1 aliphatic rings. The number of carbonyl (C=O) groups is 1. The van der Waals surface area contributed by atoms with Crippen molar-refractivity contribution in [1.29, 1.82) is 0 Å². The van der Waals surface area contributed by atoms with Gasteiger partial charge in [0.2, 0.25) is 0 Å².